The van der Waals surface area contributed by atoms with Crippen LogP contribution in [0.5, 0.6) is 5.75 Å². The number of methoxy groups -OCH3 is 1. The van der Waals surface area contributed by atoms with Crippen molar-refractivity contribution in [1.29, 1.82) is 0 Å². The number of anilines is 1. The SMILES string of the molecule is COc1ccc(NC(=O)C(c2cc(C)cc(C)c2)N(C(=O)C(NC(=O)OC(C)(C)C)C(C)C)C2CC2)cc1. The molecule has 2 aromatic carbocycles. The van der Waals surface area contributed by atoms with Crippen LogP contribution in [0.15, 0.2) is 42.5 Å². The lowest BCUT2D eigenvalue weighted by atomic mass is 9.96. The number of ether oxygens (including phenoxy) is 2. The Morgan fingerprint density at radius 1 is 0.974 bits per heavy atom. The molecule has 1 saturated carbocycles. The van der Waals surface area contributed by atoms with Gasteiger partial charge in [-0.25, -0.2) is 4.79 Å². The highest BCUT2D eigenvalue weighted by Crippen LogP contribution is 2.37. The van der Waals surface area contributed by atoms with E-state index in [0.29, 0.717) is 11.4 Å². The maximum atomic E-state index is 14.2. The number of rotatable bonds is 9. The Morgan fingerprint density at radius 2 is 1.55 bits per heavy atom. The lowest BCUT2D eigenvalue weighted by Crippen LogP contribution is -2.55. The van der Waals surface area contributed by atoms with Gasteiger partial charge in [-0.15, -0.1) is 0 Å². The molecule has 1 fully saturated rings. The van der Waals surface area contributed by atoms with Gasteiger partial charge < -0.3 is 25.0 Å². The van der Waals surface area contributed by atoms with Gasteiger partial charge in [0.15, 0.2) is 0 Å². The van der Waals surface area contributed by atoms with Crippen molar-refractivity contribution in [2.45, 2.75) is 85.0 Å². The minimum absolute atomic E-state index is 0.100. The van der Waals surface area contributed by atoms with E-state index in [1.165, 1.54) is 0 Å². The van der Waals surface area contributed by atoms with Crippen molar-refractivity contribution < 1.29 is 23.9 Å². The monoisotopic (exact) mass is 523 g/mol. The lowest BCUT2D eigenvalue weighted by molar-refractivity contribution is -0.142. The van der Waals surface area contributed by atoms with Gasteiger partial charge in [0.1, 0.15) is 23.4 Å². The number of hydrogen-bond donors (Lipinski definition) is 2. The van der Waals surface area contributed by atoms with Crippen molar-refractivity contribution >= 4 is 23.6 Å². The molecule has 38 heavy (non-hydrogen) atoms. The summed E-state index contributed by atoms with van der Waals surface area (Å²) in [5.74, 6) is -0.167. The molecule has 0 radical (unpaired) electrons. The molecule has 2 unspecified atom stereocenters. The second-order valence-corrected chi connectivity index (χ2v) is 11.4. The van der Waals surface area contributed by atoms with Crippen LogP contribution in [0.3, 0.4) is 0 Å². The van der Waals surface area contributed by atoms with Gasteiger partial charge in [0.05, 0.1) is 7.11 Å². The zero-order valence-corrected chi connectivity index (χ0v) is 23.8. The second kappa shape index (κ2) is 11.9. The Hall–Kier alpha value is -3.55. The third kappa shape index (κ3) is 7.73. The van der Waals surface area contributed by atoms with Crippen LogP contribution in [0.1, 0.15) is 70.2 Å². The smallest absolute Gasteiger partial charge is 0.408 e. The van der Waals surface area contributed by atoms with E-state index in [1.807, 2.05) is 45.9 Å². The van der Waals surface area contributed by atoms with E-state index in [1.54, 1.807) is 57.0 Å². The second-order valence-electron chi connectivity index (χ2n) is 11.4. The van der Waals surface area contributed by atoms with E-state index in [2.05, 4.69) is 10.6 Å². The van der Waals surface area contributed by atoms with Gasteiger partial charge in [-0.1, -0.05) is 43.2 Å². The molecule has 3 amide bonds. The van der Waals surface area contributed by atoms with E-state index in [9.17, 15) is 14.4 Å². The molecule has 8 heteroatoms. The highest BCUT2D eigenvalue weighted by Gasteiger charge is 2.44. The fourth-order valence-corrected chi connectivity index (χ4v) is 4.47. The number of hydrogen-bond acceptors (Lipinski definition) is 5. The van der Waals surface area contributed by atoms with Crippen LogP contribution in [-0.2, 0) is 14.3 Å². The largest absolute Gasteiger partial charge is 0.497 e. The first kappa shape index (κ1) is 29.0. The number of aryl methyl sites for hydroxylation is 2. The van der Waals surface area contributed by atoms with Gasteiger partial charge in [-0.3, -0.25) is 9.59 Å². The fourth-order valence-electron chi connectivity index (χ4n) is 4.47. The standard InChI is InChI=1S/C30H41N3O5/c1-18(2)25(32-29(36)38-30(5,6)7)28(35)33(23-11-12-23)26(21-16-19(3)15-20(4)17-21)27(34)31-22-9-13-24(37-8)14-10-22/h9-10,13-18,23,25-26H,11-12H2,1-8H3,(H,31,34)(H,32,36). The van der Waals surface area contributed by atoms with Gasteiger partial charge in [0.25, 0.3) is 5.91 Å². The summed E-state index contributed by atoms with van der Waals surface area (Å²) < 4.78 is 10.7. The third-order valence-electron chi connectivity index (χ3n) is 6.24. The van der Waals surface area contributed by atoms with Crippen molar-refractivity contribution in [3.63, 3.8) is 0 Å². The van der Waals surface area contributed by atoms with Gasteiger partial charge in [-0.2, -0.15) is 0 Å². The molecule has 0 heterocycles. The van der Waals surface area contributed by atoms with Crippen LogP contribution in [0, 0.1) is 19.8 Å². The zero-order valence-electron chi connectivity index (χ0n) is 23.8. The summed E-state index contributed by atoms with van der Waals surface area (Å²) in [6.45, 7) is 13.0. The normalized spacial score (nSPS) is 14.9. The molecule has 3 rings (SSSR count). The molecule has 0 saturated heterocycles. The predicted octanol–water partition coefficient (Wildman–Crippen LogP) is 5.53. The highest BCUT2D eigenvalue weighted by molar-refractivity contribution is 5.99. The van der Waals surface area contributed by atoms with E-state index in [4.69, 9.17) is 9.47 Å². The van der Waals surface area contributed by atoms with Gasteiger partial charge in [-0.05, 0) is 83.2 Å². The number of benzene rings is 2. The van der Waals surface area contributed by atoms with Crippen molar-refractivity contribution in [2.75, 3.05) is 12.4 Å². The summed E-state index contributed by atoms with van der Waals surface area (Å²) in [5, 5.41) is 5.76. The molecule has 2 N–H and O–H groups in total. The van der Waals surface area contributed by atoms with Crippen molar-refractivity contribution in [3.8, 4) is 5.75 Å². The first-order chi connectivity index (χ1) is 17.8. The number of nitrogens with zero attached hydrogens (tertiary/aromatic N) is 1. The molecule has 206 valence electrons. The Morgan fingerprint density at radius 3 is 2.03 bits per heavy atom. The minimum Gasteiger partial charge on any atom is -0.497 e. The Kier molecular flexibility index (Phi) is 9.07. The molecule has 0 aromatic heterocycles. The number of alkyl carbamates (subject to hydrolysis) is 1. The molecule has 8 nitrogen and oxygen atoms in total. The minimum atomic E-state index is -0.877. The van der Waals surface area contributed by atoms with Gasteiger partial charge in [0, 0.05) is 11.7 Å². The van der Waals surface area contributed by atoms with Crippen LogP contribution >= 0.6 is 0 Å². The lowest BCUT2D eigenvalue weighted by Gasteiger charge is -2.36. The number of carbonyl (C=O) groups is 3. The van der Waals surface area contributed by atoms with Crippen molar-refractivity contribution in [3.05, 3.63) is 59.2 Å². The number of carbonyl (C=O) groups excluding carboxylic acids is 3. The molecule has 2 atom stereocenters. The maximum absolute atomic E-state index is 14.2. The topological polar surface area (TPSA) is 97.0 Å². The summed E-state index contributed by atoms with van der Waals surface area (Å²) in [6, 6.07) is 11.2. The Bertz CT molecular complexity index is 1130. The Labute approximate surface area is 226 Å². The van der Waals surface area contributed by atoms with Crippen LogP contribution < -0.4 is 15.4 Å². The summed E-state index contributed by atoms with van der Waals surface area (Å²) in [7, 11) is 1.58. The molecular weight excluding hydrogens is 482 g/mol. The molecule has 1 aliphatic carbocycles. The predicted molar refractivity (Wildman–Crippen MR) is 148 cm³/mol. The van der Waals surface area contributed by atoms with E-state index < -0.39 is 23.8 Å². The van der Waals surface area contributed by atoms with Crippen LogP contribution in [-0.4, -0.2) is 47.6 Å². The summed E-state index contributed by atoms with van der Waals surface area (Å²) in [4.78, 5) is 42.4. The number of nitrogens with one attached hydrogen (secondary N) is 2. The van der Waals surface area contributed by atoms with E-state index >= 15 is 0 Å². The van der Waals surface area contributed by atoms with Gasteiger partial charge >= 0.3 is 6.09 Å². The molecule has 0 aliphatic heterocycles. The van der Waals surface area contributed by atoms with Crippen molar-refractivity contribution in [2.24, 2.45) is 5.92 Å². The van der Waals surface area contributed by atoms with Crippen molar-refractivity contribution in [1.82, 2.24) is 10.2 Å². The third-order valence-corrected chi connectivity index (χ3v) is 6.24. The average Bonchev–Trinajstić information content (AvgIpc) is 3.64. The van der Waals surface area contributed by atoms with Crippen LogP contribution in [0.4, 0.5) is 10.5 Å². The molecular formula is C30H41N3O5. The quantitative estimate of drug-likeness (QED) is 0.450. The summed E-state index contributed by atoms with van der Waals surface area (Å²) in [6.07, 6.45) is 0.922. The first-order valence-corrected chi connectivity index (χ1v) is 13.1. The summed E-state index contributed by atoms with van der Waals surface area (Å²) in [5.41, 5.74) is 2.62. The highest BCUT2D eigenvalue weighted by atomic mass is 16.6. The maximum Gasteiger partial charge on any atom is 0.408 e. The van der Waals surface area contributed by atoms with Crippen LogP contribution in [0.25, 0.3) is 0 Å². The summed E-state index contributed by atoms with van der Waals surface area (Å²) >= 11 is 0. The molecule has 0 bridgehead atoms. The van der Waals surface area contributed by atoms with E-state index in [0.717, 1.165) is 29.5 Å². The molecule has 0 spiro atoms. The van der Waals surface area contributed by atoms with Crippen LogP contribution in [0.2, 0.25) is 0 Å². The first-order valence-electron chi connectivity index (χ1n) is 13.1. The fraction of sp³-hybridized carbons (Fsp3) is 0.500. The molecule has 1 aliphatic rings. The number of amides is 3. The average molecular weight is 524 g/mol. The van der Waals surface area contributed by atoms with E-state index in [-0.39, 0.29) is 23.8 Å². The Balaban J connectivity index is 2.00. The van der Waals surface area contributed by atoms with Gasteiger partial charge in [0.2, 0.25) is 5.91 Å². The molecule has 2 aromatic rings. The zero-order chi connectivity index (χ0) is 28.2.